The summed E-state index contributed by atoms with van der Waals surface area (Å²) in [6.45, 7) is 4.33. The Bertz CT molecular complexity index is 578. The van der Waals surface area contributed by atoms with Crippen LogP contribution in [0.3, 0.4) is 0 Å². The van der Waals surface area contributed by atoms with Gasteiger partial charge in [0.25, 0.3) is 0 Å². The lowest BCUT2D eigenvalue weighted by molar-refractivity contribution is 0.215. The lowest BCUT2D eigenvalue weighted by Gasteiger charge is -2.14. The van der Waals surface area contributed by atoms with Crippen molar-refractivity contribution in [1.29, 1.82) is 0 Å². The summed E-state index contributed by atoms with van der Waals surface area (Å²) < 4.78 is 14.5. The Labute approximate surface area is 127 Å². The number of rotatable bonds is 4. The van der Waals surface area contributed by atoms with Gasteiger partial charge in [0.1, 0.15) is 11.9 Å². The third-order valence-corrected chi connectivity index (χ3v) is 3.69. The third-order valence-electron chi connectivity index (χ3n) is 3.19. The highest BCUT2D eigenvalue weighted by Crippen LogP contribution is 2.27. The predicted octanol–water partition coefficient (Wildman–Crippen LogP) is 4.87. The van der Waals surface area contributed by atoms with Gasteiger partial charge in [-0.05, 0) is 41.7 Å². The first-order valence-corrected chi connectivity index (χ1v) is 7.48. The van der Waals surface area contributed by atoms with Crippen LogP contribution in [0.15, 0.2) is 46.9 Å². The van der Waals surface area contributed by atoms with E-state index >= 15 is 0 Å². The number of hydrogen-bond acceptors (Lipinski definition) is 1. The molecule has 0 spiro atoms. The summed E-state index contributed by atoms with van der Waals surface area (Å²) in [4.78, 5) is 0. The molecule has 106 valence electrons. The molecule has 0 amide bonds. The lowest BCUT2D eigenvalue weighted by Crippen LogP contribution is -2.03. The van der Waals surface area contributed by atoms with Crippen molar-refractivity contribution in [2.75, 3.05) is 0 Å². The van der Waals surface area contributed by atoms with Crippen LogP contribution >= 0.6 is 15.9 Å². The summed E-state index contributed by atoms with van der Waals surface area (Å²) in [5, 5.41) is 10.3. The van der Waals surface area contributed by atoms with Crippen molar-refractivity contribution in [3.05, 3.63) is 69.4 Å². The fourth-order valence-corrected chi connectivity index (χ4v) is 2.59. The van der Waals surface area contributed by atoms with Crippen molar-refractivity contribution in [2.45, 2.75) is 26.4 Å². The molecule has 0 saturated heterocycles. The predicted molar refractivity (Wildman–Crippen MR) is 83.1 cm³/mol. The second kappa shape index (κ2) is 6.51. The van der Waals surface area contributed by atoms with E-state index in [1.165, 1.54) is 11.6 Å². The minimum Gasteiger partial charge on any atom is -0.384 e. The van der Waals surface area contributed by atoms with E-state index in [0.29, 0.717) is 11.5 Å². The fourth-order valence-electron chi connectivity index (χ4n) is 2.21. The summed E-state index contributed by atoms with van der Waals surface area (Å²) in [6, 6.07) is 12.3. The Morgan fingerprint density at radius 2 is 1.75 bits per heavy atom. The largest absolute Gasteiger partial charge is 0.384 e. The molecular weight excluding hydrogens is 319 g/mol. The zero-order chi connectivity index (χ0) is 14.7. The lowest BCUT2D eigenvalue weighted by atomic mass is 9.97. The van der Waals surface area contributed by atoms with Crippen molar-refractivity contribution < 1.29 is 9.50 Å². The Morgan fingerprint density at radius 1 is 1.10 bits per heavy atom. The summed E-state index contributed by atoms with van der Waals surface area (Å²) in [6.07, 6.45) is 0.0577. The molecule has 1 atom stereocenters. The van der Waals surface area contributed by atoms with Gasteiger partial charge in [0, 0.05) is 10.0 Å². The summed E-state index contributed by atoms with van der Waals surface area (Å²) in [5.74, 6) is 0.195. The number of benzene rings is 2. The van der Waals surface area contributed by atoms with Gasteiger partial charge in [0.2, 0.25) is 0 Å². The fraction of sp³-hybridized carbons (Fsp3) is 0.294. The number of halogens is 2. The Hall–Kier alpha value is -1.19. The molecule has 0 bridgehead atoms. The van der Waals surface area contributed by atoms with Crippen LogP contribution in [0, 0.1) is 11.7 Å². The van der Waals surface area contributed by atoms with Crippen molar-refractivity contribution >= 4 is 15.9 Å². The first-order chi connectivity index (χ1) is 9.47. The van der Waals surface area contributed by atoms with Crippen molar-refractivity contribution in [3.63, 3.8) is 0 Å². The SMILES string of the molecule is CC(C)Cc1ccc(C(O)c2cc(Br)ccc2F)cc1. The molecule has 0 aliphatic rings. The maximum Gasteiger partial charge on any atom is 0.129 e. The average Bonchev–Trinajstić information content (AvgIpc) is 2.41. The molecule has 0 radical (unpaired) electrons. The minimum absolute atomic E-state index is 0.288. The summed E-state index contributed by atoms with van der Waals surface area (Å²) >= 11 is 3.30. The molecule has 1 unspecified atom stereocenters. The molecule has 0 aromatic heterocycles. The quantitative estimate of drug-likeness (QED) is 0.844. The highest BCUT2D eigenvalue weighted by molar-refractivity contribution is 9.10. The van der Waals surface area contributed by atoms with E-state index < -0.39 is 11.9 Å². The van der Waals surface area contributed by atoms with Crippen LogP contribution in [0.2, 0.25) is 0 Å². The molecule has 2 rings (SSSR count). The third kappa shape index (κ3) is 3.68. The van der Waals surface area contributed by atoms with Gasteiger partial charge in [-0.2, -0.15) is 0 Å². The van der Waals surface area contributed by atoms with Crippen LogP contribution in [-0.4, -0.2) is 5.11 Å². The van der Waals surface area contributed by atoms with E-state index in [-0.39, 0.29) is 5.56 Å². The van der Waals surface area contributed by atoms with Crippen LogP contribution in [-0.2, 0) is 6.42 Å². The van der Waals surface area contributed by atoms with Gasteiger partial charge in [-0.3, -0.25) is 0 Å². The van der Waals surface area contributed by atoms with Gasteiger partial charge in [-0.1, -0.05) is 54.0 Å². The number of hydrogen-bond donors (Lipinski definition) is 1. The normalized spacial score (nSPS) is 12.7. The first kappa shape index (κ1) is 15.2. The maximum atomic E-state index is 13.8. The zero-order valence-electron chi connectivity index (χ0n) is 11.6. The van der Waals surface area contributed by atoms with E-state index in [4.69, 9.17) is 0 Å². The maximum absolute atomic E-state index is 13.8. The van der Waals surface area contributed by atoms with Crippen LogP contribution in [0.4, 0.5) is 4.39 Å². The Morgan fingerprint density at radius 3 is 2.35 bits per heavy atom. The highest BCUT2D eigenvalue weighted by atomic mass is 79.9. The second-order valence-electron chi connectivity index (χ2n) is 5.41. The molecule has 1 nitrogen and oxygen atoms in total. The molecule has 0 aliphatic carbocycles. The zero-order valence-corrected chi connectivity index (χ0v) is 13.2. The van der Waals surface area contributed by atoms with Crippen LogP contribution in [0.1, 0.15) is 36.6 Å². The van der Waals surface area contributed by atoms with Crippen molar-refractivity contribution in [2.24, 2.45) is 5.92 Å². The van der Waals surface area contributed by atoms with E-state index in [1.807, 2.05) is 24.3 Å². The monoisotopic (exact) mass is 336 g/mol. The smallest absolute Gasteiger partial charge is 0.129 e. The van der Waals surface area contributed by atoms with E-state index in [0.717, 1.165) is 10.9 Å². The van der Waals surface area contributed by atoms with Gasteiger partial charge < -0.3 is 5.11 Å². The molecule has 0 fully saturated rings. The second-order valence-corrected chi connectivity index (χ2v) is 6.32. The van der Waals surface area contributed by atoms with Gasteiger partial charge in [0.15, 0.2) is 0 Å². The molecule has 0 saturated carbocycles. The molecule has 2 aromatic rings. The molecule has 20 heavy (non-hydrogen) atoms. The van der Waals surface area contributed by atoms with Crippen molar-refractivity contribution in [3.8, 4) is 0 Å². The van der Waals surface area contributed by atoms with E-state index in [1.54, 1.807) is 12.1 Å². The standard InChI is InChI=1S/C17H18BrFO/c1-11(2)9-12-3-5-13(6-4-12)17(20)15-10-14(18)7-8-16(15)19/h3-8,10-11,17,20H,9H2,1-2H3. The van der Waals surface area contributed by atoms with E-state index in [2.05, 4.69) is 29.8 Å². The summed E-state index contributed by atoms with van der Waals surface area (Å²) in [5.41, 5.74) is 2.22. The van der Waals surface area contributed by atoms with Gasteiger partial charge in [0.05, 0.1) is 0 Å². The first-order valence-electron chi connectivity index (χ1n) is 6.69. The Kier molecular flexibility index (Phi) is 4.95. The Balaban J connectivity index is 2.24. The molecule has 0 aliphatic heterocycles. The van der Waals surface area contributed by atoms with Gasteiger partial charge >= 0.3 is 0 Å². The van der Waals surface area contributed by atoms with E-state index in [9.17, 15) is 9.50 Å². The van der Waals surface area contributed by atoms with Crippen molar-refractivity contribution in [1.82, 2.24) is 0 Å². The summed E-state index contributed by atoms with van der Waals surface area (Å²) in [7, 11) is 0. The molecule has 2 aromatic carbocycles. The molecular formula is C17H18BrFO. The minimum atomic E-state index is -0.944. The van der Waals surface area contributed by atoms with Crippen LogP contribution < -0.4 is 0 Å². The average molecular weight is 337 g/mol. The van der Waals surface area contributed by atoms with Crippen LogP contribution in [0.5, 0.6) is 0 Å². The molecule has 3 heteroatoms. The van der Waals surface area contributed by atoms with Crippen LogP contribution in [0.25, 0.3) is 0 Å². The van der Waals surface area contributed by atoms with Gasteiger partial charge in [-0.25, -0.2) is 4.39 Å². The molecule has 1 N–H and O–H groups in total. The van der Waals surface area contributed by atoms with Gasteiger partial charge in [-0.15, -0.1) is 0 Å². The molecule has 0 heterocycles. The number of aliphatic hydroxyl groups excluding tert-OH is 1. The number of aliphatic hydroxyl groups is 1. The highest BCUT2D eigenvalue weighted by Gasteiger charge is 2.15. The topological polar surface area (TPSA) is 20.2 Å².